The van der Waals surface area contributed by atoms with Crippen molar-refractivity contribution in [2.75, 3.05) is 27.2 Å². The van der Waals surface area contributed by atoms with Crippen LogP contribution in [0.3, 0.4) is 0 Å². The van der Waals surface area contributed by atoms with Gasteiger partial charge in [-0.25, -0.2) is 0 Å². The third-order valence-electron chi connectivity index (χ3n) is 4.62. The molecule has 0 spiro atoms. The van der Waals surface area contributed by atoms with Crippen molar-refractivity contribution in [2.24, 2.45) is 0 Å². The fourth-order valence-corrected chi connectivity index (χ4v) is 3.38. The van der Waals surface area contributed by atoms with Gasteiger partial charge in [0.15, 0.2) is 0 Å². The average molecular weight is 224 g/mol. The average Bonchev–Trinajstić information content (AvgIpc) is 2.33. The van der Waals surface area contributed by atoms with E-state index < -0.39 is 0 Å². The summed E-state index contributed by atoms with van der Waals surface area (Å²) in [6.45, 7) is 2.60. The second kappa shape index (κ2) is 6.02. The first-order chi connectivity index (χ1) is 7.77. The molecule has 1 unspecified atom stereocenters. The van der Waals surface area contributed by atoms with E-state index in [1.54, 1.807) is 0 Å². The Morgan fingerprint density at radius 1 is 1.00 bits per heavy atom. The molecule has 16 heavy (non-hydrogen) atoms. The SMILES string of the molecule is CN1CCCCC1CN(C)C1CCCCC1. The summed E-state index contributed by atoms with van der Waals surface area (Å²) in [7, 11) is 4.65. The minimum atomic E-state index is 0.820. The molecule has 2 nitrogen and oxygen atoms in total. The van der Waals surface area contributed by atoms with Crippen LogP contribution in [0.15, 0.2) is 0 Å². The van der Waals surface area contributed by atoms with Crippen LogP contribution in [0.2, 0.25) is 0 Å². The molecule has 0 amide bonds. The summed E-state index contributed by atoms with van der Waals surface area (Å²) in [5.41, 5.74) is 0. The number of hydrogen-bond donors (Lipinski definition) is 0. The first kappa shape index (κ1) is 12.4. The van der Waals surface area contributed by atoms with Gasteiger partial charge >= 0.3 is 0 Å². The van der Waals surface area contributed by atoms with Gasteiger partial charge in [0.1, 0.15) is 0 Å². The maximum atomic E-state index is 2.64. The van der Waals surface area contributed by atoms with Crippen molar-refractivity contribution in [1.29, 1.82) is 0 Å². The largest absolute Gasteiger partial charge is 0.302 e. The van der Waals surface area contributed by atoms with Gasteiger partial charge in [0.25, 0.3) is 0 Å². The van der Waals surface area contributed by atoms with Gasteiger partial charge in [-0.2, -0.15) is 0 Å². The van der Waals surface area contributed by atoms with E-state index in [1.165, 1.54) is 64.5 Å². The van der Waals surface area contributed by atoms with E-state index in [9.17, 15) is 0 Å². The molecule has 1 heterocycles. The molecule has 2 aliphatic rings. The molecule has 1 aliphatic carbocycles. The highest BCUT2D eigenvalue weighted by molar-refractivity contribution is 4.81. The molecule has 0 N–H and O–H groups in total. The summed E-state index contributed by atoms with van der Waals surface area (Å²) < 4.78 is 0. The lowest BCUT2D eigenvalue weighted by molar-refractivity contribution is 0.106. The number of nitrogens with zero attached hydrogens (tertiary/aromatic N) is 2. The molecular weight excluding hydrogens is 196 g/mol. The highest BCUT2D eigenvalue weighted by Crippen LogP contribution is 2.23. The monoisotopic (exact) mass is 224 g/mol. The fraction of sp³-hybridized carbons (Fsp3) is 1.00. The van der Waals surface area contributed by atoms with Crippen LogP contribution in [0.4, 0.5) is 0 Å². The zero-order valence-corrected chi connectivity index (χ0v) is 11.1. The topological polar surface area (TPSA) is 6.48 Å². The minimum absolute atomic E-state index is 0.820. The second-order valence-electron chi connectivity index (χ2n) is 5.86. The Morgan fingerprint density at radius 3 is 2.38 bits per heavy atom. The Kier molecular flexibility index (Phi) is 4.66. The summed E-state index contributed by atoms with van der Waals surface area (Å²) in [6.07, 6.45) is 11.5. The molecule has 1 aliphatic heterocycles. The third kappa shape index (κ3) is 3.21. The Bertz CT molecular complexity index is 199. The molecule has 1 atom stereocenters. The number of piperidine rings is 1. The van der Waals surface area contributed by atoms with Crippen LogP contribution in [0, 0.1) is 0 Å². The minimum Gasteiger partial charge on any atom is -0.302 e. The van der Waals surface area contributed by atoms with Gasteiger partial charge in [0.05, 0.1) is 0 Å². The van der Waals surface area contributed by atoms with Gasteiger partial charge in [-0.05, 0) is 46.3 Å². The Labute approximate surface area is 101 Å². The maximum absolute atomic E-state index is 2.64. The lowest BCUT2D eigenvalue weighted by atomic mass is 9.93. The normalized spacial score (nSPS) is 29.8. The summed E-state index contributed by atoms with van der Waals surface area (Å²) in [6, 6.07) is 1.70. The van der Waals surface area contributed by atoms with Gasteiger partial charge in [0.2, 0.25) is 0 Å². The molecule has 2 heteroatoms. The van der Waals surface area contributed by atoms with E-state index in [2.05, 4.69) is 23.9 Å². The molecule has 1 saturated carbocycles. The molecule has 94 valence electrons. The number of hydrogen-bond acceptors (Lipinski definition) is 2. The molecule has 2 fully saturated rings. The molecule has 0 radical (unpaired) electrons. The predicted octanol–water partition coefficient (Wildman–Crippen LogP) is 2.74. The lowest BCUT2D eigenvalue weighted by Gasteiger charge is -2.39. The number of rotatable bonds is 3. The summed E-state index contributed by atoms with van der Waals surface area (Å²) in [4.78, 5) is 5.22. The lowest BCUT2D eigenvalue weighted by Crippen LogP contribution is -2.46. The molecule has 1 saturated heterocycles. The Morgan fingerprint density at radius 2 is 1.69 bits per heavy atom. The molecule has 0 aromatic carbocycles. The van der Waals surface area contributed by atoms with Gasteiger partial charge in [-0.15, -0.1) is 0 Å². The van der Waals surface area contributed by atoms with E-state index in [4.69, 9.17) is 0 Å². The quantitative estimate of drug-likeness (QED) is 0.727. The molecular formula is C14H28N2. The van der Waals surface area contributed by atoms with E-state index in [1.807, 2.05) is 0 Å². The van der Waals surface area contributed by atoms with Crippen molar-refractivity contribution in [3.63, 3.8) is 0 Å². The van der Waals surface area contributed by atoms with Crippen molar-refractivity contribution in [3.8, 4) is 0 Å². The third-order valence-corrected chi connectivity index (χ3v) is 4.62. The highest BCUT2D eigenvalue weighted by atomic mass is 15.2. The second-order valence-corrected chi connectivity index (χ2v) is 5.86. The number of likely N-dealkylation sites (tertiary alicyclic amines) is 1. The fourth-order valence-electron chi connectivity index (χ4n) is 3.38. The summed E-state index contributed by atoms with van der Waals surface area (Å²) in [5.74, 6) is 0. The first-order valence-corrected chi connectivity index (χ1v) is 7.18. The van der Waals surface area contributed by atoms with E-state index in [0.29, 0.717) is 0 Å². The van der Waals surface area contributed by atoms with Gasteiger partial charge in [0, 0.05) is 18.6 Å². The van der Waals surface area contributed by atoms with Crippen LogP contribution in [-0.2, 0) is 0 Å². The van der Waals surface area contributed by atoms with Crippen LogP contribution < -0.4 is 0 Å². The highest BCUT2D eigenvalue weighted by Gasteiger charge is 2.24. The maximum Gasteiger partial charge on any atom is 0.0220 e. The van der Waals surface area contributed by atoms with Crippen LogP contribution in [0.5, 0.6) is 0 Å². The van der Waals surface area contributed by atoms with Crippen LogP contribution in [-0.4, -0.2) is 49.1 Å². The predicted molar refractivity (Wildman–Crippen MR) is 69.8 cm³/mol. The van der Waals surface area contributed by atoms with Crippen LogP contribution in [0.1, 0.15) is 51.4 Å². The summed E-state index contributed by atoms with van der Waals surface area (Å²) >= 11 is 0. The standard InChI is InChI=1S/C14H28N2/c1-15-11-7-6-10-14(15)12-16(2)13-8-4-3-5-9-13/h13-14H,3-12H2,1-2H3. The van der Waals surface area contributed by atoms with E-state index in [0.717, 1.165) is 12.1 Å². The van der Waals surface area contributed by atoms with Crippen LogP contribution >= 0.6 is 0 Å². The van der Waals surface area contributed by atoms with Gasteiger partial charge < -0.3 is 9.80 Å². The first-order valence-electron chi connectivity index (χ1n) is 7.18. The Hall–Kier alpha value is -0.0800. The summed E-state index contributed by atoms with van der Waals surface area (Å²) in [5, 5.41) is 0. The van der Waals surface area contributed by atoms with Crippen molar-refractivity contribution in [3.05, 3.63) is 0 Å². The molecule has 0 aromatic rings. The zero-order valence-electron chi connectivity index (χ0n) is 11.1. The smallest absolute Gasteiger partial charge is 0.0220 e. The molecule has 2 rings (SSSR count). The Balaban J connectivity index is 1.78. The molecule has 0 aromatic heterocycles. The van der Waals surface area contributed by atoms with Gasteiger partial charge in [-0.3, -0.25) is 0 Å². The van der Waals surface area contributed by atoms with E-state index >= 15 is 0 Å². The molecule has 0 bridgehead atoms. The van der Waals surface area contributed by atoms with E-state index in [-0.39, 0.29) is 0 Å². The van der Waals surface area contributed by atoms with Crippen molar-refractivity contribution >= 4 is 0 Å². The van der Waals surface area contributed by atoms with Crippen molar-refractivity contribution < 1.29 is 0 Å². The van der Waals surface area contributed by atoms with Gasteiger partial charge in [-0.1, -0.05) is 25.7 Å². The van der Waals surface area contributed by atoms with Crippen molar-refractivity contribution in [2.45, 2.75) is 63.5 Å². The van der Waals surface area contributed by atoms with Crippen molar-refractivity contribution in [1.82, 2.24) is 9.80 Å². The number of likely N-dealkylation sites (N-methyl/N-ethyl adjacent to an activating group) is 2. The zero-order chi connectivity index (χ0) is 11.4. The van der Waals surface area contributed by atoms with Crippen LogP contribution in [0.25, 0.3) is 0 Å².